The summed E-state index contributed by atoms with van der Waals surface area (Å²) in [4.78, 5) is 28.6. The van der Waals surface area contributed by atoms with Gasteiger partial charge in [-0.15, -0.1) is 6.42 Å². The number of rotatable bonds is 9. The molecule has 3 aliphatic rings. The van der Waals surface area contributed by atoms with E-state index < -0.39 is 11.2 Å². The molecular weight excluding hydrogens is 618 g/mol. The first kappa shape index (κ1) is 31.7. The van der Waals surface area contributed by atoms with Gasteiger partial charge in [-0.25, -0.2) is 9.97 Å². The van der Waals surface area contributed by atoms with E-state index in [2.05, 4.69) is 34.0 Å². The molecule has 3 aromatic heterocycles. The molecule has 2 N–H and O–H groups in total. The van der Waals surface area contributed by atoms with Gasteiger partial charge in [-0.3, -0.25) is 4.79 Å². The molecule has 2 aliphatic heterocycles. The highest BCUT2D eigenvalue weighted by Crippen LogP contribution is 2.44. The number of anilines is 1. The first-order valence-corrected chi connectivity index (χ1v) is 17.3. The molecule has 1 aliphatic carbocycles. The first-order chi connectivity index (χ1) is 23.9. The van der Waals surface area contributed by atoms with Crippen LogP contribution in [0.3, 0.4) is 0 Å². The maximum Gasteiger partial charge on any atom is 0.274 e. The normalized spacial score (nSPS) is 20.7. The van der Waals surface area contributed by atoms with Gasteiger partial charge in [-0.05, 0) is 61.4 Å². The summed E-state index contributed by atoms with van der Waals surface area (Å²) < 4.78 is 21.4. The Morgan fingerprint density at radius 1 is 1.08 bits per heavy atom. The van der Waals surface area contributed by atoms with E-state index in [9.17, 15) is 9.90 Å². The van der Waals surface area contributed by atoms with Crippen molar-refractivity contribution in [2.45, 2.75) is 68.5 Å². The summed E-state index contributed by atoms with van der Waals surface area (Å²) in [7, 11) is 1.77. The highest BCUT2D eigenvalue weighted by atomic mass is 16.7. The van der Waals surface area contributed by atoms with E-state index in [1.54, 1.807) is 17.8 Å². The molecule has 0 amide bonds. The molecule has 2 aromatic carbocycles. The number of piperidine rings is 1. The minimum atomic E-state index is -1.14. The third-order valence-electron chi connectivity index (χ3n) is 10.2. The van der Waals surface area contributed by atoms with Gasteiger partial charge in [-0.1, -0.05) is 42.3 Å². The molecule has 2 unspecified atom stereocenters. The fraction of sp³-hybridized carbons (Fsp3) is 0.410. The zero-order chi connectivity index (χ0) is 33.6. The zero-order valence-corrected chi connectivity index (χ0v) is 27.7. The summed E-state index contributed by atoms with van der Waals surface area (Å²) in [6.07, 6.45) is 14.7. The highest BCUT2D eigenvalue weighted by molar-refractivity contribution is 5.97. The summed E-state index contributed by atoms with van der Waals surface area (Å²) in [6, 6.07) is 18.3. The lowest BCUT2D eigenvalue weighted by Gasteiger charge is -2.38. The van der Waals surface area contributed by atoms with Crippen LogP contribution in [0.5, 0.6) is 0 Å². The molecule has 8 rings (SSSR count). The second-order valence-electron chi connectivity index (χ2n) is 13.6. The number of aryl methyl sites for hydroxylation is 1. The van der Waals surface area contributed by atoms with Crippen molar-refractivity contribution in [3.8, 4) is 23.5 Å². The van der Waals surface area contributed by atoms with Crippen molar-refractivity contribution >= 4 is 27.8 Å². The average molecular weight is 660 g/mol. The fourth-order valence-corrected chi connectivity index (χ4v) is 7.13. The van der Waals surface area contributed by atoms with Crippen LogP contribution in [0.1, 0.15) is 56.2 Å². The van der Waals surface area contributed by atoms with Gasteiger partial charge < -0.3 is 33.8 Å². The van der Waals surface area contributed by atoms with E-state index in [0.29, 0.717) is 49.7 Å². The van der Waals surface area contributed by atoms with E-state index in [4.69, 9.17) is 30.6 Å². The molecule has 0 spiro atoms. The van der Waals surface area contributed by atoms with Crippen LogP contribution in [0.2, 0.25) is 0 Å². The van der Waals surface area contributed by atoms with Gasteiger partial charge in [0.1, 0.15) is 11.1 Å². The summed E-state index contributed by atoms with van der Waals surface area (Å²) in [5.74, 6) is 3.13. The van der Waals surface area contributed by atoms with Gasteiger partial charge in [0.2, 0.25) is 5.95 Å². The summed E-state index contributed by atoms with van der Waals surface area (Å²) in [5.41, 5.74) is 2.49. The lowest BCUT2D eigenvalue weighted by Crippen LogP contribution is -2.45. The van der Waals surface area contributed by atoms with Crippen LogP contribution < -0.4 is 10.5 Å². The Hall–Kier alpha value is -4.53. The standard InChI is InChI=1S/C39H41N5O5/c1-3-38(46)17-20-44(21-18-38)37-41-32-15-12-26(31-24-43(2)36(45)34-29(31)16-19-40-34)23-30(32)35(42-37)39(49-28-13-14-28,27-9-5-4-6-10-27)25-48-33-11-7-8-22-47-33/h1,4-6,9-10,12,15-16,19,23-24,28,33,40,46H,7-8,11,13-14,17-18,20-22,25H2,2H3. The number of benzene rings is 2. The maximum absolute atomic E-state index is 12.9. The smallest absolute Gasteiger partial charge is 0.274 e. The second-order valence-corrected chi connectivity index (χ2v) is 13.6. The Kier molecular flexibility index (Phi) is 8.24. The zero-order valence-electron chi connectivity index (χ0n) is 27.7. The molecular formula is C39H41N5O5. The van der Waals surface area contributed by atoms with Crippen LogP contribution in [0, 0.1) is 12.3 Å². The molecule has 5 aromatic rings. The van der Waals surface area contributed by atoms with E-state index in [-0.39, 0.29) is 24.6 Å². The van der Waals surface area contributed by atoms with Crippen molar-refractivity contribution in [3.05, 3.63) is 88.6 Å². The Balaban J connectivity index is 1.34. The summed E-state index contributed by atoms with van der Waals surface area (Å²) in [6.45, 7) is 1.90. The van der Waals surface area contributed by atoms with Crippen molar-refractivity contribution in [2.75, 3.05) is 31.2 Å². The van der Waals surface area contributed by atoms with Crippen LogP contribution in [0.15, 0.2) is 71.8 Å². The number of aliphatic hydroxyl groups is 1. The average Bonchev–Trinajstić information content (AvgIpc) is 3.83. The van der Waals surface area contributed by atoms with Crippen LogP contribution in [0.4, 0.5) is 5.95 Å². The summed E-state index contributed by atoms with van der Waals surface area (Å²) in [5, 5.41) is 12.5. The molecule has 2 saturated heterocycles. The van der Waals surface area contributed by atoms with Crippen LogP contribution in [-0.2, 0) is 26.9 Å². The summed E-state index contributed by atoms with van der Waals surface area (Å²) >= 11 is 0. The molecule has 1 saturated carbocycles. The molecule has 0 radical (unpaired) electrons. The SMILES string of the molecule is C#CC1(O)CCN(c2nc(C(COC3CCCCO3)(OC3CC3)c3ccccc3)c3cc(-c4cn(C)c(=O)c5[nH]ccc45)ccc3n2)CC1. The van der Waals surface area contributed by atoms with Gasteiger partial charge >= 0.3 is 0 Å². The second kappa shape index (κ2) is 12.7. The van der Waals surface area contributed by atoms with Gasteiger partial charge in [0.25, 0.3) is 5.56 Å². The molecule has 10 heteroatoms. The number of terminal acetylenes is 1. The number of ether oxygens (including phenoxy) is 3. The lowest BCUT2D eigenvalue weighted by atomic mass is 9.87. The number of nitrogens with zero attached hydrogens (tertiary/aromatic N) is 4. The molecule has 252 valence electrons. The first-order valence-electron chi connectivity index (χ1n) is 17.3. The van der Waals surface area contributed by atoms with Crippen molar-refractivity contribution in [1.29, 1.82) is 0 Å². The Bertz CT molecular complexity index is 2080. The molecule has 0 bridgehead atoms. The maximum atomic E-state index is 12.9. The number of fused-ring (bicyclic) bond motifs is 2. The Morgan fingerprint density at radius 2 is 1.90 bits per heavy atom. The number of aromatic nitrogens is 4. The topological polar surface area (TPSA) is 115 Å². The molecule has 2 atom stereocenters. The highest BCUT2D eigenvalue weighted by Gasteiger charge is 2.45. The Morgan fingerprint density at radius 3 is 2.63 bits per heavy atom. The predicted molar refractivity (Wildman–Crippen MR) is 188 cm³/mol. The van der Waals surface area contributed by atoms with Crippen molar-refractivity contribution in [3.63, 3.8) is 0 Å². The fourth-order valence-electron chi connectivity index (χ4n) is 7.13. The largest absolute Gasteiger partial charge is 0.377 e. The number of aromatic amines is 1. The van der Waals surface area contributed by atoms with Gasteiger partial charge in [-0.2, -0.15) is 0 Å². The Labute approximate surface area is 285 Å². The number of nitrogens with one attached hydrogen (secondary N) is 1. The molecule has 49 heavy (non-hydrogen) atoms. The van der Waals surface area contributed by atoms with Gasteiger partial charge in [0, 0.05) is 68.3 Å². The van der Waals surface area contributed by atoms with E-state index in [1.807, 2.05) is 42.6 Å². The third kappa shape index (κ3) is 6.02. The van der Waals surface area contributed by atoms with Gasteiger partial charge in [0.05, 0.1) is 23.9 Å². The van der Waals surface area contributed by atoms with Crippen molar-refractivity contribution < 1.29 is 19.3 Å². The minimum absolute atomic E-state index is 0.0523. The van der Waals surface area contributed by atoms with Crippen molar-refractivity contribution in [2.24, 2.45) is 7.05 Å². The monoisotopic (exact) mass is 659 g/mol. The van der Waals surface area contributed by atoms with Crippen molar-refractivity contribution in [1.82, 2.24) is 19.5 Å². The van der Waals surface area contributed by atoms with E-state index in [1.165, 1.54) is 0 Å². The van der Waals surface area contributed by atoms with E-state index >= 15 is 0 Å². The number of H-pyrrole nitrogens is 1. The molecule has 5 heterocycles. The number of pyridine rings is 1. The van der Waals surface area contributed by atoms with Crippen LogP contribution in [0.25, 0.3) is 32.9 Å². The molecule has 3 fully saturated rings. The quantitative estimate of drug-likeness (QED) is 0.202. The van der Waals surface area contributed by atoms with E-state index in [0.717, 1.165) is 65.1 Å². The van der Waals surface area contributed by atoms with Crippen LogP contribution in [-0.4, -0.2) is 68.9 Å². The third-order valence-corrected chi connectivity index (χ3v) is 10.2. The predicted octanol–water partition coefficient (Wildman–Crippen LogP) is 5.41. The van der Waals surface area contributed by atoms with Crippen LogP contribution >= 0.6 is 0 Å². The molecule has 10 nitrogen and oxygen atoms in total. The number of hydrogen-bond donors (Lipinski definition) is 2. The number of hydrogen-bond acceptors (Lipinski definition) is 8. The minimum Gasteiger partial charge on any atom is -0.377 e. The van der Waals surface area contributed by atoms with Gasteiger partial charge in [0.15, 0.2) is 11.9 Å². The lowest BCUT2D eigenvalue weighted by molar-refractivity contribution is -0.197.